The van der Waals surface area contributed by atoms with Gasteiger partial charge in [0.05, 0.1) is 24.5 Å². The van der Waals surface area contributed by atoms with Gasteiger partial charge in [0, 0.05) is 24.5 Å². The van der Waals surface area contributed by atoms with Gasteiger partial charge in [0.2, 0.25) is 17.7 Å². The number of unbranched alkanes of at least 4 members (excludes halogenated alkanes) is 1. The number of likely N-dealkylation sites (tertiary alicyclic amines) is 1. The van der Waals surface area contributed by atoms with Crippen LogP contribution in [0.4, 0.5) is 11.4 Å². The van der Waals surface area contributed by atoms with Crippen molar-refractivity contribution in [1.29, 1.82) is 0 Å². The molecule has 9 heteroatoms. The second-order valence-corrected chi connectivity index (χ2v) is 10.8. The van der Waals surface area contributed by atoms with Gasteiger partial charge in [0.1, 0.15) is 17.4 Å². The van der Waals surface area contributed by atoms with Crippen molar-refractivity contribution in [3.8, 4) is 5.75 Å². The number of aryl methyl sites for hydroxylation is 2. The van der Waals surface area contributed by atoms with Crippen molar-refractivity contribution in [2.24, 2.45) is 11.8 Å². The second kappa shape index (κ2) is 11.0. The van der Waals surface area contributed by atoms with E-state index in [-0.39, 0.29) is 24.3 Å². The molecule has 39 heavy (non-hydrogen) atoms. The molecule has 3 aliphatic rings. The summed E-state index contributed by atoms with van der Waals surface area (Å²) in [6.45, 7) is 6.65. The molecule has 3 saturated heterocycles. The predicted octanol–water partition coefficient (Wildman–Crippen LogP) is 3.43. The molecule has 2 bridgehead atoms. The minimum Gasteiger partial charge on any atom is -0.494 e. The highest BCUT2D eigenvalue weighted by molar-refractivity contribution is 6.05. The van der Waals surface area contributed by atoms with Crippen molar-refractivity contribution < 1.29 is 29.0 Å². The van der Waals surface area contributed by atoms with Gasteiger partial charge < -0.3 is 30.1 Å². The third kappa shape index (κ3) is 4.89. The van der Waals surface area contributed by atoms with E-state index in [0.717, 1.165) is 11.1 Å². The average Bonchev–Trinajstić information content (AvgIpc) is 3.55. The Morgan fingerprint density at radius 1 is 1.10 bits per heavy atom. The molecule has 9 nitrogen and oxygen atoms in total. The fourth-order valence-electron chi connectivity index (χ4n) is 6.49. The standard InChI is InChI=1S/C30H37N3O6/c1-4-38-21-11-9-20(10-12-21)31-27(35)24-23-13-14-30(39-23)25(24)29(37)33(15-5-6-16-34)26(30)28(36)32-22-17-18(2)7-8-19(22)3/h7-12,17,23-26,34H,4-6,13-16H2,1-3H3,(H,31,35)(H,32,36)/t23-,24+,25-,26?,30?/m0/s1. The van der Waals surface area contributed by atoms with Crippen molar-refractivity contribution in [2.45, 2.75) is 64.2 Å². The van der Waals surface area contributed by atoms with Crippen LogP contribution in [-0.2, 0) is 19.1 Å². The third-order valence-corrected chi connectivity index (χ3v) is 8.24. The molecule has 3 fully saturated rings. The van der Waals surface area contributed by atoms with Crippen LogP contribution in [-0.4, -0.2) is 65.2 Å². The molecule has 3 heterocycles. The Balaban J connectivity index is 1.42. The lowest BCUT2D eigenvalue weighted by atomic mass is 9.70. The topological polar surface area (TPSA) is 117 Å². The van der Waals surface area contributed by atoms with Crippen molar-refractivity contribution in [3.63, 3.8) is 0 Å². The highest BCUT2D eigenvalue weighted by Gasteiger charge is 2.74. The van der Waals surface area contributed by atoms with Gasteiger partial charge in [-0.25, -0.2) is 0 Å². The Hall–Kier alpha value is -3.43. The summed E-state index contributed by atoms with van der Waals surface area (Å²) >= 11 is 0. The summed E-state index contributed by atoms with van der Waals surface area (Å²) < 4.78 is 12.0. The Kier molecular flexibility index (Phi) is 7.64. The SMILES string of the molecule is CCOc1ccc(NC(=O)[C@@H]2[C@@H]3CCC4(O3)C(C(=O)Nc3cc(C)ccc3C)N(CCCCO)C(=O)[C@H]24)cc1. The van der Waals surface area contributed by atoms with E-state index in [9.17, 15) is 19.5 Å². The summed E-state index contributed by atoms with van der Waals surface area (Å²) in [4.78, 5) is 43.0. The first-order chi connectivity index (χ1) is 18.8. The van der Waals surface area contributed by atoms with E-state index in [1.54, 1.807) is 29.2 Å². The number of aliphatic hydroxyl groups is 1. The predicted molar refractivity (Wildman–Crippen MR) is 146 cm³/mol. The minimum absolute atomic E-state index is 0.00163. The fraction of sp³-hybridized carbons (Fsp3) is 0.500. The number of aliphatic hydroxyl groups excluding tert-OH is 1. The normalized spacial score (nSPS) is 27.0. The zero-order chi connectivity index (χ0) is 27.7. The Morgan fingerprint density at radius 3 is 2.59 bits per heavy atom. The van der Waals surface area contributed by atoms with Crippen molar-refractivity contribution in [3.05, 3.63) is 53.6 Å². The van der Waals surface area contributed by atoms with Gasteiger partial charge in [-0.1, -0.05) is 12.1 Å². The summed E-state index contributed by atoms with van der Waals surface area (Å²) in [5.74, 6) is -1.56. The van der Waals surface area contributed by atoms with Crippen LogP contribution >= 0.6 is 0 Å². The quantitative estimate of drug-likeness (QED) is 0.402. The summed E-state index contributed by atoms with van der Waals surface area (Å²) in [5.41, 5.74) is 2.17. The third-order valence-electron chi connectivity index (χ3n) is 8.24. The molecule has 0 aromatic heterocycles. The molecule has 1 spiro atoms. The molecule has 0 radical (unpaired) electrons. The van der Waals surface area contributed by atoms with Crippen LogP contribution in [0.15, 0.2) is 42.5 Å². The van der Waals surface area contributed by atoms with Gasteiger partial charge in [-0.3, -0.25) is 14.4 Å². The van der Waals surface area contributed by atoms with Crippen molar-refractivity contribution in [1.82, 2.24) is 4.90 Å². The summed E-state index contributed by atoms with van der Waals surface area (Å²) in [6, 6.07) is 12.1. The van der Waals surface area contributed by atoms with Crippen LogP contribution in [0.25, 0.3) is 0 Å². The molecular formula is C30H37N3O6. The number of rotatable bonds is 10. The molecule has 2 aromatic carbocycles. The zero-order valence-electron chi connectivity index (χ0n) is 22.7. The number of carbonyl (C=O) groups excluding carboxylic acids is 3. The first-order valence-corrected chi connectivity index (χ1v) is 13.8. The number of hydrogen-bond donors (Lipinski definition) is 3. The maximum Gasteiger partial charge on any atom is 0.250 e. The van der Waals surface area contributed by atoms with E-state index in [2.05, 4.69) is 10.6 Å². The monoisotopic (exact) mass is 535 g/mol. The van der Waals surface area contributed by atoms with Crippen LogP contribution in [0.3, 0.4) is 0 Å². The lowest BCUT2D eigenvalue weighted by Crippen LogP contribution is -2.53. The number of nitrogens with zero attached hydrogens (tertiary/aromatic N) is 1. The molecule has 3 amide bonds. The molecule has 5 rings (SSSR count). The second-order valence-electron chi connectivity index (χ2n) is 10.8. The maximum absolute atomic E-state index is 13.9. The fourth-order valence-corrected chi connectivity index (χ4v) is 6.49. The largest absolute Gasteiger partial charge is 0.494 e. The van der Waals surface area contributed by atoms with Crippen molar-refractivity contribution >= 4 is 29.1 Å². The van der Waals surface area contributed by atoms with E-state index in [4.69, 9.17) is 9.47 Å². The molecule has 0 saturated carbocycles. The number of ether oxygens (including phenoxy) is 2. The lowest BCUT2D eigenvalue weighted by molar-refractivity contribution is -0.139. The Bertz CT molecular complexity index is 1250. The number of anilines is 2. The van der Waals surface area contributed by atoms with Gasteiger partial charge >= 0.3 is 0 Å². The van der Waals surface area contributed by atoms with Crippen molar-refractivity contribution in [2.75, 3.05) is 30.4 Å². The molecule has 2 aromatic rings. The molecule has 0 aliphatic carbocycles. The van der Waals surface area contributed by atoms with Gasteiger partial charge in [-0.05, 0) is 87.9 Å². The molecule has 5 atom stereocenters. The van der Waals surface area contributed by atoms with Crippen LogP contribution in [0.2, 0.25) is 0 Å². The Morgan fingerprint density at radius 2 is 1.87 bits per heavy atom. The number of amides is 3. The van der Waals surface area contributed by atoms with E-state index in [0.29, 0.717) is 56.0 Å². The molecule has 3 N–H and O–H groups in total. The highest BCUT2D eigenvalue weighted by atomic mass is 16.5. The number of benzene rings is 2. The number of carbonyl (C=O) groups is 3. The summed E-state index contributed by atoms with van der Waals surface area (Å²) in [7, 11) is 0. The van der Waals surface area contributed by atoms with Crippen LogP contribution in [0, 0.1) is 25.7 Å². The number of nitrogens with one attached hydrogen (secondary N) is 2. The van der Waals surface area contributed by atoms with Gasteiger partial charge in [0.25, 0.3) is 0 Å². The Labute approximate surface area is 228 Å². The first kappa shape index (κ1) is 27.1. The van der Waals surface area contributed by atoms with Gasteiger partial charge in [-0.2, -0.15) is 0 Å². The zero-order valence-corrected chi connectivity index (χ0v) is 22.7. The van der Waals surface area contributed by atoms with Crippen LogP contribution in [0.5, 0.6) is 5.75 Å². The highest BCUT2D eigenvalue weighted by Crippen LogP contribution is 2.58. The number of hydrogen-bond acceptors (Lipinski definition) is 6. The van der Waals surface area contributed by atoms with E-state index in [1.807, 2.05) is 39.0 Å². The van der Waals surface area contributed by atoms with Gasteiger partial charge in [0.15, 0.2) is 0 Å². The molecular weight excluding hydrogens is 498 g/mol. The van der Waals surface area contributed by atoms with Gasteiger partial charge in [-0.15, -0.1) is 0 Å². The summed E-state index contributed by atoms with van der Waals surface area (Å²) in [6.07, 6.45) is 1.76. The lowest BCUT2D eigenvalue weighted by Gasteiger charge is -2.33. The molecule has 2 unspecified atom stereocenters. The van der Waals surface area contributed by atoms with Crippen LogP contribution in [0.1, 0.15) is 43.7 Å². The van der Waals surface area contributed by atoms with E-state index >= 15 is 0 Å². The summed E-state index contributed by atoms with van der Waals surface area (Å²) in [5, 5.41) is 15.3. The maximum atomic E-state index is 13.9. The van der Waals surface area contributed by atoms with E-state index in [1.165, 1.54) is 0 Å². The average molecular weight is 536 g/mol. The van der Waals surface area contributed by atoms with Crippen LogP contribution < -0.4 is 15.4 Å². The smallest absolute Gasteiger partial charge is 0.250 e. The molecule has 208 valence electrons. The minimum atomic E-state index is -1.07. The number of fused-ring (bicyclic) bond motifs is 1. The first-order valence-electron chi connectivity index (χ1n) is 13.8. The molecule has 3 aliphatic heterocycles. The van der Waals surface area contributed by atoms with E-state index < -0.39 is 29.6 Å².